The molecule has 0 aliphatic carbocycles. The summed E-state index contributed by atoms with van der Waals surface area (Å²) in [4.78, 5) is 8.27. The van der Waals surface area contributed by atoms with Gasteiger partial charge in [0.2, 0.25) is 5.16 Å². The van der Waals surface area contributed by atoms with Crippen LogP contribution in [0.15, 0.2) is 60.3 Å². The Hall–Kier alpha value is -3.31. The zero-order chi connectivity index (χ0) is 21.8. The molecule has 4 rings (SSSR count). The van der Waals surface area contributed by atoms with Crippen LogP contribution in [0.1, 0.15) is 5.56 Å². The highest BCUT2D eigenvalue weighted by molar-refractivity contribution is 7.99. The Morgan fingerprint density at radius 2 is 2.00 bits per heavy atom. The molecular formula is C20H18F2N6O2S. The summed E-state index contributed by atoms with van der Waals surface area (Å²) in [5.41, 5.74) is -0.956. The largest absolute Gasteiger partial charge is 0.497 e. The second kappa shape index (κ2) is 8.82. The normalized spacial score (nSPS) is 13.2. The van der Waals surface area contributed by atoms with Crippen molar-refractivity contribution < 1.29 is 18.6 Å². The zero-order valence-corrected chi connectivity index (χ0v) is 17.2. The van der Waals surface area contributed by atoms with Crippen LogP contribution in [-0.4, -0.2) is 47.9 Å². The molecule has 2 aromatic carbocycles. The Balaban J connectivity index is 1.55. The fourth-order valence-corrected chi connectivity index (χ4v) is 3.91. The van der Waals surface area contributed by atoms with E-state index in [0.717, 1.165) is 35.2 Å². The van der Waals surface area contributed by atoms with E-state index in [2.05, 4.69) is 25.3 Å². The van der Waals surface area contributed by atoms with Gasteiger partial charge in [-0.3, -0.25) is 5.10 Å². The van der Waals surface area contributed by atoms with Gasteiger partial charge in [-0.15, -0.1) is 5.10 Å². The van der Waals surface area contributed by atoms with E-state index in [1.807, 2.05) is 12.1 Å². The molecule has 0 aliphatic heterocycles. The van der Waals surface area contributed by atoms with Gasteiger partial charge in [0, 0.05) is 22.9 Å². The lowest BCUT2D eigenvalue weighted by atomic mass is 9.95. The molecule has 8 nitrogen and oxygen atoms in total. The average Bonchev–Trinajstić information content (AvgIpc) is 3.44. The standard InChI is InChI=1S/C20H18F2N6O2S/c1-30-15-5-2-13(3-6-15)18-25-19(27-26-18)31-10-20(29,9-28-12-23-11-24-28)16-7-4-14(21)8-17(16)22/h2-8,11-12,29H,9-10H2,1H3,(H,25,26,27). The molecule has 2 heterocycles. The van der Waals surface area contributed by atoms with Gasteiger partial charge in [-0.25, -0.2) is 23.4 Å². The summed E-state index contributed by atoms with van der Waals surface area (Å²) in [6.07, 6.45) is 2.72. The second-order valence-electron chi connectivity index (χ2n) is 6.73. The van der Waals surface area contributed by atoms with Crippen molar-refractivity contribution in [3.05, 3.63) is 72.3 Å². The first kappa shape index (κ1) is 20.9. The van der Waals surface area contributed by atoms with Crippen molar-refractivity contribution in [1.82, 2.24) is 29.9 Å². The van der Waals surface area contributed by atoms with Crippen LogP contribution in [0.3, 0.4) is 0 Å². The van der Waals surface area contributed by atoms with E-state index in [4.69, 9.17) is 4.74 Å². The minimum Gasteiger partial charge on any atom is -0.497 e. The highest BCUT2D eigenvalue weighted by atomic mass is 32.2. The quantitative estimate of drug-likeness (QED) is 0.403. The second-order valence-corrected chi connectivity index (χ2v) is 7.68. The van der Waals surface area contributed by atoms with Crippen molar-refractivity contribution in [2.75, 3.05) is 12.9 Å². The summed E-state index contributed by atoms with van der Waals surface area (Å²) in [5, 5.41) is 22.7. The molecular weight excluding hydrogens is 426 g/mol. The highest BCUT2D eigenvalue weighted by Gasteiger charge is 2.34. The molecule has 0 spiro atoms. The SMILES string of the molecule is COc1ccc(-c2nc(SCC(O)(Cn3cncn3)c3ccc(F)cc3F)n[nH]2)cc1. The third kappa shape index (κ3) is 4.72. The molecule has 0 bridgehead atoms. The molecule has 0 saturated heterocycles. The molecule has 0 fully saturated rings. The zero-order valence-electron chi connectivity index (χ0n) is 16.4. The van der Waals surface area contributed by atoms with Gasteiger partial charge in [0.25, 0.3) is 0 Å². The van der Waals surface area contributed by atoms with Crippen LogP contribution in [-0.2, 0) is 12.1 Å². The summed E-state index contributed by atoms with van der Waals surface area (Å²) < 4.78 is 34.4. The van der Waals surface area contributed by atoms with Gasteiger partial charge in [-0.05, 0) is 30.3 Å². The third-order valence-electron chi connectivity index (χ3n) is 4.59. The lowest BCUT2D eigenvalue weighted by Gasteiger charge is -2.28. The fraction of sp³-hybridized carbons (Fsp3) is 0.200. The van der Waals surface area contributed by atoms with E-state index in [9.17, 15) is 13.9 Å². The number of nitrogens with zero attached hydrogens (tertiary/aromatic N) is 5. The van der Waals surface area contributed by atoms with Gasteiger partial charge < -0.3 is 9.84 Å². The molecule has 31 heavy (non-hydrogen) atoms. The highest BCUT2D eigenvalue weighted by Crippen LogP contribution is 2.32. The van der Waals surface area contributed by atoms with Gasteiger partial charge in [-0.1, -0.05) is 17.8 Å². The first-order valence-corrected chi connectivity index (χ1v) is 10.2. The Morgan fingerprint density at radius 1 is 1.19 bits per heavy atom. The summed E-state index contributed by atoms with van der Waals surface area (Å²) in [6.45, 7) is -0.0850. The van der Waals surface area contributed by atoms with Crippen molar-refractivity contribution in [3.63, 3.8) is 0 Å². The number of hydrogen-bond donors (Lipinski definition) is 2. The molecule has 2 aromatic heterocycles. The summed E-state index contributed by atoms with van der Waals surface area (Å²) in [7, 11) is 1.59. The van der Waals surface area contributed by atoms with Crippen LogP contribution in [0.25, 0.3) is 11.4 Å². The number of thioether (sulfide) groups is 1. The minimum atomic E-state index is -1.71. The molecule has 0 radical (unpaired) electrons. The van der Waals surface area contributed by atoms with Crippen molar-refractivity contribution in [1.29, 1.82) is 0 Å². The molecule has 11 heteroatoms. The number of rotatable bonds is 8. The van der Waals surface area contributed by atoms with Gasteiger partial charge in [-0.2, -0.15) is 5.10 Å². The monoisotopic (exact) mass is 444 g/mol. The maximum atomic E-state index is 14.5. The van der Waals surface area contributed by atoms with E-state index >= 15 is 0 Å². The predicted octanol–water partition coefficient (Wildman–Crippen LogP) is 3.03. The van der Waals surface area contributed by atoms with Gasteiger partial charge in [0.15, 0.2) is 5.82 Å². The van der Waals surface area contributed by atoms with Crippen LogP contribution in [0.4, 0.5) is 8.78 Å². The molecule has 2 N–H and O–H groups in total. The summed E-state index contributed by atoms with van der Waals surface area (Å²) in [6, 6.07) is 10.3. The van der Waals surface area contributed by atoms with E-state index in [1.165, 1.54) is 23.4 Å². The Labute approximate surface area is 180 Å². The van der Waals surface area contributed by atoms with Crippen LogP contribution in [0.5, 0.6) is 5.75 Å². The maximum Gasteiger partial charge on any atom is 0.208 e. The molecule has 0 aliphatic rings. The van der Waals surface area contributed by atoms with Crippen LogP contribution in [0.2, 0.25) is 0 Å². The van der Waals surface area contributed by atoms with Crippen LogP contribution in [0, 0.1) is 11.6 Å². The number of aromatic nitrogens is 6. The van der Waals surface area contributed by atoms with Crippen molar-refractivity contribution in [3.8, 4) is 17.1 Å². The van der Waals surface area contributed by atoms with E-state index in [1.54, 1.807) is 19.2 Å². The number of ether oxygens (including phenoxy) is 1. The number of aromatic amines is 1. The molecule has 4 aromatic rings. The average molecular weight is 444 g/mol. The predicted molar refractivity (Wildman–Crippen MR) is 109 cm³/mol. The first-order valence-electron chi connectivity index (χ1n) is 9.17. The summed E-state index contributed by atoms with van der Waals surface area (Å²) >= 11 is 1.13. The van der Waals surface area contributed by atoms with E-state index < -0.39 is 17.2 Å². The summed E-state index contributed by atoms with van der Waals surface area (Å²) in [5.74, 6) is -0.322. The lowest BCUT2D eigenvalue weighted by molar-refractivity contribution is 0.0360. The van der Waals surface area contributed by atoms with Gasteiger partial charge in [0.05, 0.1) is 13.7 Å². The Kier molecular flexibility index (Phi) is 5.96. The number of aliphatic hydroxyl groups is 1. The number of hydrogen-bond acceptors (Lipinski definition) is 7. The minimum absolute atomic E-state index is 0.00464. The van der Waals surface area contributed by atoms with Crippen molar-refractivity contribution in [2.45, 2.75) is 17.3 Å². The number of benzene rings is 2. The molecule has 1 unspecified atom stereocenters. The van der Waals surface area contributed by atoms with E-state index in [0.29, 0.717) is 11.0 Å². The number of H-pyrrole nitrogens is 1. The van der Waals surface area contributed by atoms with Gasteiger partial charge >= 0.3 is 0 Å². The van der Waals surface area contributed by atoms with Crippen molar-refractivity contribution >= 4 is 11.8 Å². The number of nitrogens with one attached hydrogen (secondary N) is 1. The third-order valence-corrected chi connectivity index (χ3v) is 5.65. The maximum absolute atomic E-state index is 14.5. The smallest absolute Gasteiger partial charge is 0.208 e. The van der Waals surface area contributed by atoms with Gasteiger partial charge in [0.1, 0.15) is 35.6 Å². The van der Waals surface area contributed by atoms with Crippen molar-refractivity contribution in [2.24, 2.45) is 0 Å². The number of halogens is 2. The van der Waals surface area contributed by atoms with E-state index in [-0.39, 0.29) is 17.9 Å². The molecule has 1 atom stereocenters. The van der Waals surface area contributed by atoms with Crippen LogP contribution < -0.4 is 4.74 Å². The fourth-order valence-electron chi connectivity index (χ4n) is 3.03. The first-order chi connectivity index (χ1) is 15.0. The molecule has 0 saturated carbocycles. The van der Waals surface area contributed by atoms with Crippen LogP contribution >= 0.6 is 11.8 Å². The lowest BCUT2D eigenvalue weighted by Crippen LogP contribution is -2.35. The topological polar surface area (TPSA) is 102 Å². The molecule has 0 amide bonds. The number of methoxy groups -OCH3 is 1. The Bertz CT molecular complexity index is 1150. The molecule has 160 valence electrons. The Morgan fingerprint density at radius 3 is 2.68 bits per heavy atom.